The minimum atomic E-state index is -3.58. The fourth-order valence-corrected chi connectivity index (χ4v) is 2.98. The van der Waals surface area contributed by atoms with Crippen LogP contribution in [0.4, 0.5) is 5.82 Å². The highest BCUT2D eigenvalue weighted by Gasteiger charge is 2.17. The molecular weight excluding hydrogens is 250 g/mol. The molecule has 0 aliphatic rings. The Labute approximate surface area is 106 Å². The van der Waals surface area contributed by atoms with Gasteiger partial charge in [-0.2, -0.15) is 5.10 Å². The molecule has 96 valence electrons. The van der Waals surface area contributed by atoms with Crippen molar-refractivity contribution in [3.63, 3.8) is 0 Å². The van der Waals surface area contributed by atoms with Crippen molar-refractivity contribution in [2.75, 3.05) is 4.72 Å². The third-order valence-corrected chi connectivity index (χ3v) is 4.08. The van der Waals surface area contributed by atoms with Crippen molar-refractivity contribution >= 4 is 15.8 Å². The zero-order valence-corrected chi connectivity index (χ0v) is 11.3. The van der Waals surface area contributed by atoms with E-state index in [2.05, 4.69) is 14.9 Å². The molecule has 0 aliphatic carbocycles. The molecule has 18 heavy (non-hydrogen) atoms. The Bertz CT molecular complexity index is 674. The minimum Gasteiger partial charge on any atom is -0.281 e. The summed E-state index contributed by atoms with van der Waals surface area (Å²) in [4.78, 5) is 0.272. The van der Waals surface area contributed by atoms with Crippen LogP contribution in [0.3, 0.4) is 0 Å². The van der Waals surface area contributed by atoms with E-state index in [0.29, 0.717) is 5.82 Å². The van der Waals surface area contributed by atoms with Gasteiger partial charge in [-0.25, -0.2) is 8.42 Å². The molecule has 0 aliphatic heterocycles. The molecule has 0 radical (unpaired) electrons. The molecule has 0 spiro atoms. The van der Waals surface area contributed by atoms with E-state index in [1.54, 1.807) is 25.1 Å². The number of hydrogen-bond acceptors (Lipinski definition) is 3. The summed E-state index contributed by atoms with van der Waals surface area (Å²) in [5.41, 5.74) is 2.55. The Balaban J connectivity index is 2.36. The minimum absolute atomic E-state index is 0.272. The van der Waals surface area contributed by atoms with Crippen LogP contribution in [-0.4, -0.2) is 18.6 Å². The van der Waals surface area contributed by atoms with Crippen LogP contribution in [0.25, 0.3) is 0 Å². The number of nitrogens with zero attached hydrogens (tertiary/aromatic N) is 1. The van der Waals surface area contributed by atoms with Crippen LogP contribution in [0.1, 0.15) is 16.8 Å². The molecule has 1 aromatic heterocycles. The maximum atomic E-state index is 12.2. The molecule has 0 saturated carbocycles. The first-order chi connectivity index (χ1) is 8.38. The first-order valence-corrected chi connectivity index (χ1v) is 6.99. The second-order valence-electron chi connectivity index (χ2n) is 4.31. The topological polar surface area (TPSA) is 74.8 Å². The molecule has 0 atom stereocenters. The van der Waals surface area contributed by atoms with E-state index >= 15 is 0 Å². The number of nitrogens with one attached hydrogen (secondary N) is 2. The highest BCUT2D eigenvalue weighted by molar-refractivity contribution is 7.92. The largest absolute Gasteiger partial charge is 0.281 e. The monoisotopic (exact) mass is 265 g/mol. The lowest BCUT2D eigenvalue weighted by Crippen LogP contribution is -2.14. The van der Waals surface area contributed by atoms with Gasteiger partial charge in [-0.1, -0.05) is 17.7 Å². The predicted octanol–water partition coefficient (Wildman–Crippen LogP) is 2.14. The van der Waals surface area contributed by atoms with Crippen molar-refractivity contribution in [1.82, 2.24) is 10.2 Å². The number of rotatable bonds is 3. The Hall–Kier alpha value is -1.82. The van der Waals surface area contributed by atoms with Crippen LogP contribution in [0.2, 0.25) is 0 Å². The number of anilines is 1. The number of aromatic nitrogens is 2. The first kappa shape index (κ1) is 12.6. The summed E-state index contributed by atoms with van der Waals surface area (Å²) in [7, 11) is -3.58. The van der Waals surface area contributed by atoms with Crippen molar-refractivity contribution < 1.29 is 8.42 Å². The maximum absolute atomic E-state index is 12.2. The van der Waals surface area contributed by atoms with Gasteiger partial charge in [0, 0.05) is 11.8 Å². The van der Waals surface area contributed by atoms with Crippen molar-refractivity contribution in [2.45, 2.75) is 25.7 Å². The molecule has 0 bridgehead atoms. The normalized spacial score (nSPS) is 11.5. The van der Waals surface area contributed by atoms with Crippen LogP contribution in [0.5, 0.6) is 0 Å². The fourth-order valence-electron chi connectivity index (χ4n) is 1.76. The third kappa shape index (κ3) is 2.53. The summed E-state index contributed by atoms with van der Waals surface area (Å²) >= 11 is 0. The van der Waals surface area contributed by atoms with E-state index in [1.807, 2.05) is 19.9 Å². The van der Waals surface area contributed by atoms with E-state index < -0.39 is 10.0 Å². The van der Waals surface area contributed by atoms with E-state index in [9.17, 15) is 8.42 Å². The first-order valence-electron chi connectivity index (χ1n) is 5.50. The van der Waals surface area contributed by atoms with Crippen molar-refractivity contribution in [2.24, 2.45) is 0 Å². The lowest BCUT2D eigenvalue weighted by atomic mass is 10.2. The van der Waals surface area contributed by atoms with E-state index in [-0.39, 0.29) is 4.90 Å². The molecule has 5 nitrogen and oxygen atoms in total. The molecule has 1 heterocycles. The van der Waals surface area contributed by atoms with Crippen LogP contribution in [0, 0.1) is 20.8 Å². The fraction of sp³-hybridized carbons (Fsp3) is 0.250. The van der Waals surface area contributed by atoms with Gasteiger partial charge in [0.25, 0.3) is 10.0 Å². The molecule has 0 unspecified atom stereocenters. The van der Waals surface area contributed by atoms with Gasteiger partial charge in [0.15, 0.2) is 5.82 Å². The smallest absolute Gasteiger partial charge is 0.263 e. The second-order valence-corrected chi connectivity index (χ2v) is 5.96. The van der Waals surface area contributed by atoms with Gasteiger partial charge in [0.2, 0.25) is 0 Å². The summed E-state index contributed by atoms with van der Waals surface area (Å²) < 4.78 is 26.8. The van der Waals surface area contributed by atoms with Crippen LogP contribution < -0.4 is 4.72 Å². The van der Waals surface area contributed by atoms with Gasteiger partial charge in [0.05, 0.1) is 4.90 Å². The Morgan fingerprint density at radius 1 is 1.17 bits per heavy atom. The number of hydrogen-bond donors (Lipinski definition) is 2. The average Bonchev–Trinajstić information content (AvgIpc) is 2.62. The number of aryl methyl sites for hydroxylation is 3. The van der Waals surface area contributed by atoms with Gasteiger partial charge >= 0.3 is 0 Å². The van der Waals surface area contributed by atoms with Gasteiger partial charge in [-0.05, 0) is 32.4 Å². The Kier molecular flexibility index (Phi) is 3.13. The number of aromatic amines is 1. The van der Waals surface area contributed by atoms with Crippen molar-refractivity contribution in [3.05, 3.63) is 41.1 Å². The Morgan fingerprint density at radius 3 is 2.44 bits per heavy atom. The third-order valence-electron chi connectivity index (χ3n) is 2.56. The summed E-state index contributed by atoms with van der Waals surface area (Å²) in [6.07, 6.45) is 0. The molecule has 2 aromatic rings. The lowest BCUT2D eigenvalue weighted by molar-refractivity contribution is 0.600. The number of H-pyrrole nitrogens is 1. The molecule has 6 heteroatoms. The summed E-state index contributed by atoms with van der Waals surface area (Å²) in [6, 6.07) is 6.86. The van der Waals surface area contributed by atoms with E-state index in [0.717, 1.165) is 16.8 Å². The number of benzene rings is 1. The number of sulfonamides is 1. The Morgan fingerprint density at radius 2 is 1.89 bits per heavy atom. The van der Waals surface area contributed by atoms with Crippen LogP contribution >= 0.6 is 0 Å². The van der Waals surface area contributed by atoms with Crippen LogP contribution in [0.15, 0.2) is 29.2 Å². The SMILES string of the molecule is Cc1ccc(S(=O)(=O)Nc2cc(C)[nH]n2)c(C)c1. The molecule has 0 amide bonds. The standard InChI is InChI=1S/C12H15N3O2S/c1-8-4-5-11(9(2)6-8)18(16,17)15-12-7-10(3)13-14-12/h4-7H,1-3H3,(H2,13,14,15). The average molecular weight is 265 g/mol. The molecular formula is C12H15N3O2S. The van der Waals surface area contributed by atoms with Gasteiger partial charge in [-0.15, -0.1) is 0 Å². The summed E-state index contributed by atoms with van der Waals surface area (Å²) in [5.74, 6) is 0.299. The summed E-state index contributed by atoms with van der Waals surface area (Å²) in [5, 5.41) is 6.55. The second kappa shape index (κ2) is 4.45. The van der Waals surface area contributed by atoms with Gasteiger partial charge in [-0.3, -0.25) is 9.82 Å². The highest BCUT2D eigenvalue weighted by Crippen LogP contribution is 2.19. The predicted molar refractivity (Wildman–Crippen MR) is 70.0 cm³/mol. The van der Waals surface area contributed by atoms with Gasteiger partial charge < -0.3 is 0 Å². The zero-order valence-electron chi connectivity index (χ0n) is 10.5. The highest BCUT2D eigenvalue weighted by atomic mass is 32.2. The van der Waals surface area contributed by atoms with Crippen molar-refractivity contribution in [3.8, 4) is 0 Å². The van der Waals surface area contributed by atoms with Crippen LogP contribution in [-0.2, 0) is 10.0 Å². The van der Waals surface area contributed by atoms with E-state index in [4.69, 9.17) is 0 Å². The maximum Gasteiger partial charge on any atom is 0.263 e. The van der Waals surface area contributed by atoms with E-state index in [1.165, 1.54) is 0 Å². The molecule has 0 fully saturated rings. The summed E-state index contributed by atoms with van der Waals surface area (Å²) in [6.45, 7) is 5.51. The quantitative estimate of drug-likeness (QED) is 0.892. The zero-order chi connectivity index (χ0) is 13.3. The lowest BCUT2D eigenvalue weighted by Gasteiger charge is -2.08. The van der Waals surface area contributed by atoms with Crippen molar-refractivity contribution in [1.29, 1.82) is 0 Å². The molecule has 2 N–H and O–H groups in total. The molecule has 2 rings (SSSR count). The van der Waals surface area contributed by atoms with Gasteiger partial charge in [0.1, 0.15) is 0 Å². The molecule has 1 aromatic carbocycles. The molecule has 0 saturated heterocycles.